The Morgan fingerprint density at radius 1 is 1.38 bits per heavy atom. The van der Waals surface area contributed by atoms with Crippen LogP contribution in [0.25, 0.3) is 0 Å². The molecule has 0 spiro atoms. The van der Waals surface area contributed by atoms with Crippen LogP contribution < -0.4 is 14.8 Å². The minimum atomic E-state index is -0.144. The third-order valence-corrected chi connectivity index (χ3v) is 4.12. The Kier molecular flexibility index (Phi) is 5.15. The quantitative estimate of drug-likeness (QED) is 0.846. The van der Waals surface area contributed by atoms with Crippen molar-refractivity contribution in [3.05, 3.63) is 23.8 Å². The van der Waals surface area contributed by atoms with E-state index in [1.165, 1.54) is 5.56 Å². The number of hydrogen-bond acceptors (Lipinski definition) is 3. The molecule has 0 saturated heterocycles. The lowest BCUT2D eigenvalue weighted by Crippen LogP contribution is -2.39. The molecule has 0 saturated carbocycles. The molecule has 1 N–H and O–H groups in total. The lowest BCUT2D eigenvalue weighted by Gasteiger charge is -2.38. The average Bonchev–Trinajstić information content (AvgIpc) is 2.43. The first kappa shape index (κ1) is 16.2. The van der Waals surface area contributed by atoms with Crippen molar-refractivity contribution in [2.24, 2.45) is 5.92 Å². The van der Waals surface area contributed by atoms with Crippen LogP contribution in [0.15, 0.2) is 18.2 Å². The maximum absolute atomic E-state index is 6.15. The Labute approximate surface area is 129 Å². The summed E-state index contributed by atoms with van der Waals surface area (Å²) in [6.07, 6.45) is 2.12. The van der Waals surface area contributed by atoms with Gasteiger partial charge >= 0.3 is 0 Å². The summed E-state index contributed by atoms with van der Waals surface area (Å²) in [5, 5.41) is 3.55. The van der Waals surface area contributed by atoms with Gasteiger partial charge in [-0.3, -0.25) is 0 Å². The van der Waals surface area contributed by atoms with Crippen molar-refractivity contribution in [2.45, 2.75) is 59.1 Å². The van der Waals surface area contributed by atoms with Crippen LogP contribution in [0.2, 0.25) is 0 Å². The van der Waals surface area contributed by atoms with Gasteiger partial charge in [0.25, 0.3) is 0 Å². The van der Waals surface area contributed by atoms with Gasteiger partial charge in [0, 0.05) is 24.1 Å². The summed E-state index contributed by atoms with van der Waals surface area (Å²) in [6.45, 7) is 12.6. The zero-order chi connectivity index (χ0) is 15.5. The smallest absolute Gasteiger partial charge is 0.128 e. The second-order valence-corrected chi connectivity index (χ2v) is 6.70. The van der Waals surface area contributed by atoms with Gasteiger partial charge < -0.3 is 14.8 Å². The van der Waals surface area contributed by atoms with E-state index in [9.17, 15) is 0 Å². The standard InChI is InChI=1S/C18H29NO2/c1-6-13(3)12-20-14-8-9-15-16(19-7-2)11-18(4,5)21-17(15)10-14/h8-10,13,16,19H,6-7,11-12H2,1-5H3. The largest absolute Gasteiger partial charge is 0.493 e. The summed E-state index contributed by atoms with van der Waals surface area (Å²) in [6, 6.07) is 6.61. The fourth-order valence-electron chi connectivity index (χ4n) is 2.71. The molecule has 118 valence electrons. The Balaban J connectivity index is 2.17. The Hall–Kier alpha value is -1.22. The van der Waals surface area contributed by atoms with Gasteiger partial charge in [-0.05, 0) is 32.4 Å². The molecule has 21 heavy (non-hydrogen) atoms. The van der Waals surface area contributed by atoms with Crippen LogP contribution in [-0.4, -0.2) is 18.8 Å². The molecular weight excluding hydrogens is 262 g/mol. The van der Waals surface area contributed by atoms with Gasteiger partial charge in [-0.1, -0.05) is 33.3 Å². The number of hydrogen-bond donors (Lipinski definition) is 1. The normalized spacial score (nSPS) is 21.3. The van der Waals surface area contributed by atoms with E-state index in [4.69, 9.17) is 9.47 Å². The van der Waals surface area contributed by atoms with Gasteiger partial charge in [0.15, 0.2) is 0 Å². The van der Waals surface area contributed by atoms with Gasteiger partial charge in [0.05, 0.1) is 6.61 Å². The highest BCUT2D eigenvalue weighted by molar-refractivity contribution is 5.44. The molecule has 3 nitrogen and oxygen atoms in total. The molecule has 0 bridgehead atoms. The molecule has 1 heterocycles. The molecule has 0 aromatic heterocycles. The molecule has 0 amide bonds. The zero-order valence-electron chi connectivity index (χ0n) is 14.0. The van der Waals surface area contributed by atoms with Crippen molar-refractivity contribution < 1.29 is 9.47 Å². The predicted octanol–water partition coefficient (Wildman–Crippen LogP) is 4.32. The molecule has 1 aromatic carbocycles. The molecule has 3 heteroatoms. The van der Waals surface area contributed by atoms with Crippen molar-refractivity contribution in [3.8, 4) is 11.5 Å². The van der Waals surface area contributed by atoms with Crippen LogP contribution in [-0.2, 0) is 0 Å². The molecule has 0 fully saturated rings. The maximum atomic E-state index is 6.15. The summed E-state index contributed by atoms with van der Waals surface area (Å²) in [5.41, 5.74) is 1.10. The SMILES string of the molecule is CCNC1CC(C)(C)Oc2cc(OCC(C)CC)ccc21. The fourth-order valence-corrected chi connectivity index (χ4v) is 2.71. The molecule has 2 unspecified atom stereocenters. The Bertz CT molecular complexity index is 470. The van der Waals surface area contributed by atoms with E-state index < -0.39 is 0 Å². The van der Waals surface area contributed by atoms with Crippen LogP contribution in [0, 0.1) is 5.92 Å². The van der Waals surface area contributed by atoms with Crippen molar-refractivity contribution in [1.82, 2.24) is 5.32 Å². The maximum Gasteiger partial charge on any atom is 0.128 e. The first-order valence-corrected chi connectivity index (χ1v) is 8.14. The van der Waals surface area contributed by atoms with E-state index in [2.05, 4.69) is 52.1 Å². The molecule has 0 radical (unpaired) electrons. The molecule has 2 atom stereocenters. The van der Waals surface area contributed by atoms with E-state index in [1.54, 1.807) is 0 Å². The minimum Gasteiger partial charge on any atom is -0.493 e. The zero-order valence-corrected chi connectivity index (χ0v) is 14.0. The Morgan fingerprint density at radius 2 is 2.14 bits per heavy atom. The second kappa shape index (κ2) is 6.69. The van der Waals surface area contributed by atoms with Crippen LogP contribution >= 0.6 is 0 Å². The van der Waals surface area contributed by atoms with E-state index in [0.717, 1.165) is 37.5 Å². The topological polar surface area (TPSA) is 30.5 Å². The van der Waals surface area contributed by atoms with Gasteiger partial charge in [0.1, 0.15) is 17.1 Å². The molecule has 1 aliphatic heterocycles. The summed E-state index contributed by atoms with van der Waals surface area (Å²) in [4.78, 5) is 0. The molecule has 1 aromatic rings. The molecule has 1 aliphatic rings. The van der Waals surface area contributed by atoms with Crippen LogP contribution in [0.5, 0.6) is 11.5 Å². The summed E-state index contributed by atoms with van der Waals surface area (Å²) < 4.78 is 12.0. The fraction of sp³-hybridized carbons (Fsp3) is 0.667. The van der Waals surface area contributed by atoms with Gasteiger partial charge in [-0.2, -0.15) is 0 Å². The number of nitrogens with one attached hydrogen (secondary N) is 1. The lowest BCUT2D eigenvalue weighted by molar-refractivity contribution is 0.0659. The third kappa shape index (κ3) is 4.13. The van der Waals surface area contributed by atoms with Crippen molar-refractivity contribution in [1.29, 1.82) is 0 Å². The van der Waals surface area contributed by atoms with E-state index >= 15 is 0 Å². The number of ether oxygens (including phenoxy) is 2. The number of rotatable bonds is 6. The highest BCUT2D eigenvalue weighted by Gasteiger charge is 2.33. The first-order valence-electron chi connectivity index (χ1n) is 8.14. The van der Waals surface area contributed by atoms with E-state index in [0.29, 0.717) is 12.0 Å². The minimum absolute atomic E-state index is 0.144. The van der Waals surface area contributed by atoms with Crippen LogP contribution in [0.1, 0.15) is 59.1 Å². The Morgan fingerprint density at radius 3 is 2.81 bits per heavy atom. The molecule has 0 aliphatic carbocycles. The molecular formula is C18H29NO2. The second-order valence-electron chi connectivity index (χ2n) is 6.70. The number of benzene rings is 1. The van der Waals surface area contributed by atoms with E-state index in [-0.39, 0.29) is 5.60 Å². The van der Waals surface area contributed by atoms with Gasteiger partial charge in [-0.15, -0.1) is 0 Å². The van der Waals surface area contributed by atoms with Crippen molar-refractivity contribution in [3.63, 3.8) is 0 Å². The predicted molar refractivity (Wildman–Crippen MR) is 87.1 cm³/mol. The van der Waals surface area contributed by atoms with Gasteiger partial charge in [0.2, 0.25) is 0 Å². The van der Waals surface area contributed by atoms with Crippen LogP contribution in [0.4, 0.5) is 0 Å². The van der Waals surface area contributed by atoms with Crippen molar-refractivity contribution >= 4 is 0 Å². The summed E-state index contributed by atoms with van der Waals surface area (Å²) >= 11 is 0. The average molecular weight is 291 g/mol. The highest BCUT2D eigenvalue weighted by atomic mass is 16.5. The first-order chi connectivity index (χ1) is 9.95. The molecule has 2 rings (SSSR count). The monoisotopic (exact) mass is 291 g/mol. The third-order valence-electron chi connectivity index (χ3n) is 4.12. The highest BCUT2D eigenvalue weighted by Crippen LogP contribution is 2.41. The van der Waals surface area contributed by atoms with E-state index in [1.807, 2.05) is 6.07 Å². The summed E-state index contributed by atoms with van der Waals surface area (Å²) in [7, 11) is 0. The number of fused-ring (bicyclic) bond motifs is 1. The summed E-state index contributed by atoms with van der Waals surface area (Å²) in [5.74, 6) is 2.44. The van der Waals surface area contributed by atoms with Crippen molar-refractivity contribution in [2.75, 3.05) is 13.2 Å². The lowest BCUT2D eigenvalue weighted by atomic mass is 9.89. The van der Waals surface area contributed by atoms with Crippen LogP contribution in [0.3, 0.4) is 0 Å². The van der Waals surface area contributed by atoms with Gasteiger partial charge in [-0.25, -0.2) is 0 Å².